The number of alkyl halides is 3. The van der Waals surface area contributed by atoms with Crippen LogP contribution in [-0.2, 0) is 16.2 Å². The zero-order valence-corrected chi connectivity index (χ0v) is 17.2. The van der Waals surface area contributed by atoms with Crippen molar-refractivity contribution in [1.29, 1.82) is 0 Å². The predicted molar refractivity (Wildman–Crippen MR) is 108 cm³/mol. The number of hydrogen-bond donors (Lipinski definition) is 0. The van der Waals surface area contributed by atoms with Gasteiger partial charge in [-0.25, -0.2) is 8.42 Å². The van der Waals surface area contributed by atoms with Crippen molar-refractivity contribution in [1.82, 2.24) is 4.31 Å². The number of ether oxygens (including phenoxy) is 2. The highest BCUT2D eigenvalue weighted by atomic mass is 32.2. The van der Waals surface area contributed by atoms with Gasteiger partial charge < -0.3 is 14.4 Å². The molecule has 0 aromatic heterocycles. The van der Waals surface area contributed by atoms with Crippen molar-refractivity contribution < 1.29 is 31.1 Å². The van der Waals surface area contributed by atoms with Crippen LogP contribution in [0.15, 0.2) is 48.5 Å². The Morgan fingerprint density at radius 2 is 1.60 bits per heavy atom. The van der Waals surface area contributed by atoms with Gasteiger partial charge in [-0.15, -0.1) is 0 Å². The van der Waals surface area contributed by atoms with Crippen LogP contribution in [0, 0.1) is 0 Å². The first kappa shape index (κ1) is 22.2. The lowest BCUT2D eigenvalue weighted by molar-refractivity contribution is -0.137. The van der Waals surface area contributed by atoms with Gasteiger partial charge in [0, 0.05) is 31.9 Å². The number of anilines is 1. The van der Waals surface area contributed by atoms with E-state index in [-0.39, 0.29) is 25.4 Å². The Kier molecular flexibility index (Phi) is 6.77. The number of nitrogens with zero attached hydrogens (tertiary/aromatic N) is 2. The van der Waals surface area contributed by atoms with Crippen LogP contribution < -0.4 is 14.4 Å². The van der Waals surface area contributed by atoms with Gasteiger partial charge in [0.1, 0.15) is 18.1 Å². The molecule has 0 unspecified atom stereocenters. The first-order chi connectivity index (χ1) is 14.2. The van der Waals surface area contributed by atoms with E-state index >= 15 is 0 Å². The van der Waals surface area contributed by atoms with E-state index < -0.39 is 21.8 Å². The quantitative estimate of drug-likeness (QED) is 0.656. The summed E-state index contributed by atoms with van der Waals surface area (Å²) >= 11 is 0. The summed E-state index contributed by atoms with van der Waals surface area (Å²) < 4.78 is 75.7. The van der Waals surface area contributed by atoms with Crippen molar-refractivity contribution >= 4 is 15.7 Å². The van der Waals surface area contributed by atoms with E-state index in [0.717, 1.165) is 12.1 Å². The summed E-state index contributed by atoms with van der Waals surface area (Å²) in [5, 5.41) is 0. The van der Waals surface area contributed by atoms with Gasteiger partial charge in [-0.2, -0.15) is 17.5 Å². The average molecular weight is 444 g/mol. The maximum Gasteiger partial charge on any atom is 0.416 e. The van der Waals surface area contributed by atoms with Crippen LogP contribution in [0.4, 0.5) is 18.9 Å². The molecular weight excluding hydrogens is 421 g/mol. The first-order valence-corrected chi connectivity index (χ1v) is 11.0. The fourth-order valence-electron chi connectivity index (χ4n) is 3.17. The third-order valence-electron chi connectivity index (χ3n) is 4.84. The molecule has 0 bridgehead atoms. The molecule has 10 heteroatoms. The van der Waals surface area contributed by atoms with Gasteiger partial charge in [-0.1, -0.05) is 6.07 Å². The second-order valence-corrected chi connectivity index (χ2v) is 8.86. The molecule has 2 aromatic carbocycles. The molecule has 0 saturated carbocycles. The minimum atomic E-state index is -4.41. The monoisotopic (exact) mass is 444 g/mol. The number of hydrogen-bond acceptors (Lipinski definition) is 5. The molecule has 6 nitrogen and oxygen atoms in total. The van der Waals surface area contributed by atoms with Crippen LogP contribution in [0.5, 0.6) is 11.5 Å². The van der Waals surface area contributed by atoms with Crippen LogP contribution in [0.1, 0.15) is 5.56 Å². The summed E-state index contributed by atoms with van der Waals surface area (Å²) in [6.07, 6.45) is -4.41. The lowest BCUT2D eigenvalue weighted by atomic mass is 10.1. The Morgan fingerprint density at radius 3 is 2.20 bits per heavy atom. The van der Waals surface area contributed by atoms with E-state index in [2.05, 4.69) is 0 Å². The zero-order chi connectivity index (χ0) is 21.8. The molecule has 3 rings (SSSR count). The second-order valence-electron chi connectivity index (χ2n) is 6.77. The third kappa shape index (κ3) is 5.57. The maximum absolute atomic E-state index is 12.9. The Morgan fingerprint density at radius 1 is 0.967 bits per heavy atom. The van der Waals surface area contributed by atoms with Gasteiger partial charge in [0.15, 0.2) is 0 Å². The Labute approximate surface area is 173 Å². The Bertz CT molecular complexity index is 941. The molecule has 0 aliphatic carbocycles. The van der Waals surface area contributed by atoms with Crippen molar-refractivity contribution in [2.75, 3.05) is 50.5 Å². The summed E-state index contributed by atoms with van der Waals surface area (Å²) in [4.78, 5) is 1.76. The Hall–Kier alpha value is -2.46. The molecule has 0 amide bonds. The fourth-order valence-corrected chi connectivity index (χ4v) is 4.44. The highest BCUT2D eigenvalue weighted by Gasteiger charge is 2.32. The SMILES string of the molecule is COc1ccc(OCCS(=O)(=O)N2CCN(c3cccc(C(F)(F)F)c3)CC2)cc1. The molecule has 164 valence electrons. The number of rotatable bonds is 7. The standard InChI is InChI=1S/C20H23F3N2O4S/c1-28-18-5-7-19(8-6-18)29-13-14-30(26,27)25-11-9-24(10-12-25)17-4-2-3-16(15-17)20(21,22)23/h2-8,15H,9-14H2,1H3. The van der Waals surface area contributed by atoms with Gasteiger partial charge in [0.25, 0.3) is 0 Å². The average Bonchev–Trinajstić information content (AvgIpc) is 2.74. The van der Waals surface area contributed by atoms with Gasteiger partial charge in [0.05, 0.1) is 18.4 Å². The van der Waals surface area contributed by atoms with Crippen LogP contribution in [0.25, 0.3) is 0 Å². The summed E-state index contributed by atoms with van der Waals surface area (Å²) in [7, 11) is -1.98. The number of piperazine rings is 1. The molecule has 1 aliphatic heterocycles. The molecule has 0 spiro atoms. The van der Waals surface area contributed by atoms with Gasteiger partial charge >= 0.3 is 6.18 Å². The van der Waals surface area contributed by atoms with Gasteiger partial charge in [-0.05, 0) is 42.5 Å². The molecule has 0 N–H and O–H groups in total. The van der Waals surface area contributed by atoms with E-state index in [0.29, 0.717) is 30.3 Å². The maximum atomic E-state index is 12.9. The van der Waals surface area contributed by atoms with Crippen molar-refractivity contribution in [3.8, 4) is 11.5 Å². The van der Waals surface area contributed by atoms with E-state index in [1.807, 2.05) is 0 Å². The van der Waals surface area contributed by atoms with Crippen molar-refractivity contribution in [3.05, 3.63) is 54.1 Å². The summed E-state index contributed by atoms with van der Waals surface area (Å²) in [5.74, 6) is 1.04. The molecule has 1 saturated heterocycles. The van der Waals surface area contributed by atoms with E-state index in [9.17, 15) is 21.6 Å². The van der Waals surface area contributed by atoms with Gasteiger partial charge in [-0.3, -0.25) is 0 Å². The lowest BCUT2D eigenvalue weighted by Gasteiger charge is -2.35. The zero-order valence-electron chi connectivity index (χ0n) is 16.4. The topological polar surface area (TPSA) is 59.1 Å². The normalized spacial score (nSPS) is 15.8. The van der Waals surface area contributed by atoms with Crippen LogP contribution >= 0.6 is 0 Å². The smallest absolute Gasteiger partial charge is 0.416 e. The molecular formula is C20H23F3N2O4S. The predicted octanol–water partition coefficient (Wildman–Crippen LogP) is 3.24. The molecule has 2 aromatic rings. The van der Waals surface area contributed by atoms with E-state index in [1.54, 1.807) is 42.3 Å². The molecule has 0 atom stereocenters. The van der Waals surface area contributed by atoms with E-state index in [4.69, 9.17) is 9.47 Å². The summed E-state index contributed by atoms with van der Waals surface area (Å²) in [5.41, 5.74) is -0.282. The minimum absolute atomic E-state index is 0.00248. The molecule has 1 aliphatic rings. The van der Waals surface area contributed by atoms with Gasteiger partial charge in [0.2, 0.25) is 10.0 Å². The summed E-state index contributed by atoms with van der Waals surface area (Å²) in [6, 6.07) is 11.9. The van der Waals surface area contributed by atoms with Crippen molar-refractivity contribution in [2.24, 2.45) is 0 Å². The van der Waals surface area contributed by atoms with Crippen LogP contribution in [0.2, 0.25) is 0 Å². The van der Waals surface area contributed by atoms with E-state index in [1.165, 1.54) is 10.4 Å². The Balaban J connectivity index is 1.52. The highest BCUT2D eigenvalue weighted by molar-refractivity contribution is 7.89. The number of methoxy groups -OCH3 is 1. The van der Waals surface area contributed by atoms with Crippen molar-refractivity contribution in [3.63, 3.8) is 0 Å². The highest BCUT2D eigenvalue weighted by Crippen LogP contribution is 2.32. The first-order valence-electron chi connectivity index (χ1n) is 9.36. The largest absolute Gasteiger partial charge is 0.497 e. The molecule has 30 heavy (non-hydrogen) atoms. The minimum Gasteiger partial charge on any atom is -0.497 e. The molecule has 1 heterocycles. The molecule has 0 radical (unpaired) electrons. The number of halogens is 3. The number of benzene rings is 2. The summed E-state index contributed by atoms with van der Waals surface area (Å²) in [6.45, 7) is 1.06. The molecule has 1 fully saturated rings. The second kappa shape index (κ2) is 9.13. The fraction of sp³-hybridized carbons (Fsp3) is 0.400. The number of sulfonamides is 1. The van der Waals surface area contributed by atoms with Crippen LogP contribution in [0.3, 0.4) is 0 Å². The lowest BCUT2D eigenvalue weighted by Crippen LogP contribution is -2.49. The third-order valence-corrected chi connectivity index (χ3v) is 6.67. The van der Waals surface area contributed by atoms with Crippen LogP contribution in [-0.4, -0.2) is 58.4 Å². The van der Waals surface area contributed by atoms with Crippen molar-refractivity contribution in [2.45, 2.75) is 6.18 Å².